The van der Waals surface area contributed by atoms with Crippen LogP contribution in [0.3, 0.4) is 0 Å². The SMILES string of the molecule is CC1CCC(O)(CN2CCCCCC2)CC1. The lowest BCUT2D eigenvalue weighted by Crippen LogP contribution is -2.45. The Hall–Kier alpha value is -0.0800. The fourth-order valence-electron chi connectivity index (χ4n) is 3.17. The van der Waals surface area contributed by atoms with Crippen molar-refractivity contribution in [3.05, 3.63) is 0 Å². The fraction of sp³-hybridized carbons (Fsp3) is 1.00. The summed E-state index contributed by atoms with van der Waals surface area (Å²) in [6.45, 7) is 5.65. The number of nitrogens with zero attached hydrogens (tertiary/aromatic N) is 1. The van der Waals surface area contributed by atoms with E-state index in [1.165, 1.54) is 51.6 Å². The van der Waals surface area contributed by atoms with Gasteiger partial charge in [-0.1, -0.05) is 19.8 Å². The van der Waals surface area contributed by atoms with Crippen molar-refractivity contribution in [2.24, 2.45) is 5.92 Å². The van der Waals surface area contributed by atoms with Gasteiger partial charge in [-0.3, -0.25) is 0 Å². The predicted molar refractivity (Wildman–Crippen MR) is 67.5 cm³/mol. The summed E-state index contributed by atoms with van der Waals surface area (Å²) in [6, 6.07) is 0. The van der Waals surface area contributed by atoms with Crippen LogP contribution in [0.15, 0.2) is 0 Å². The van der Waals surface area contributed by atoms with Crippen molar-refractivity contribution < 1.29 is 5.11 Å². The van der Waals surface area contributed by atoms with Crippen LogP contribution in [-0.4, -0.2) is 35.2 Å². The third-order valence-corrected chi connectivity index (χ3v) is 4.42. The fourth-order valence-corrected chi connectivity index (χ4v) is 3.17. The second-order valence-electron chi connectivity index (χ2n) is 6.10. The monoisotopic (exact) mass is 225 g/mol. The van der Waals surface area contributed by atoms with E-state index >= 15 is 0 Å². The van der Waals surface area contributed by atoms with E-state index in [0.717, 1.165) is 25.3 Å². The minimum Gasteiger partial charge on any atom is -0.389 e. The van der Waals surface area contributed by atoms with Gasteiger partial charge in [0.05, 0.1) is 5.60 Å². The summed E-state index contributed by atoms with van der Waals surface area (Å²) in [4.78, 5) is 2.50. The predicted octanol–water partition coefficient (Wildman–Crippen LogP) is 2.80. The Bertz CT molecular complexity index is 201. The van der Waals surface area contributed by atoms with Crippen LogP contribution in [0.5, 0.6) is 0 Å². The molecule has 1 heterocycles. The van der Waals surface area contributed by atoms with Crippen LogP contribution in [0, 0.1) is 5.92 Å². The Balaban J connectivity index is 1.82. The smallest absolute Gasteiger partial charge is 0.0774 e. The molecule has 2 heteroatoms. The summed E-state index contributed by atoms with van der Waals surface area (Å²) in [7, 11) is 0. The van der Waals surface area contributed by atoms with Crippen molar-refractivity contribution in [3.63, 3.8) is 0 Å². The van der Waals surface area contributed by atoms with Crippen LogP contribution in [-0.2, 0) is 0 Å². The van der Waals surface area contributed by atoms with E-state index in [0.29, 0.717) is 0 Å². The summed E-state index contributed by atoms with van der Waals surface area (Å²) in [5, 5.41) is 10.6. The normalized spacial score (nSPS) is 38.2. The maximum Gasteiger partial charge on any atom is 0.0774 e. The molecule has 94 valence electrons. The molecule has 1 saturated carbocycles. The van der Waals surface area contributed by atoms with E-state index in [2.05, 4.69) is 11.8 Å². The first-order chi connectivity index (χ1) is 7.68. The molecular formula is C14H27NO. The van der Waals surface area contributed by atoms with Gasteiger partial charge in [-0.15, -0.1) is 0 Å². The number of likely N-dealkylation sites (tertiary alicyclic amines) is 1. The van der Waals surface area contributed by atoms with Crippen LogP contribution in [0.2, 0.25) is 0 Å². The van der Waals surface area contributed by atoms with Gasteiger partial charge in [0.1, 0.15) is 0 Å². The minimum atomic E-state index is -0.364. The van der Waals surface area contributed by atoms with E-state index in [-0.39, 0.29) is 5.60 Å². The largest absolute Gasteiger partial charge is 0.389 e. The van der Waals surface area contributed by atoms with Crippen LogP contribution >= 0.6 is 0 Å². The number of hydrogen-bond acceptors (Lipinski definition) is 2. The summed E-state index contributed by atoms with van der Waals surface area (Å²) in [5.41, 5.74) is -0.364. The third kappa shape index (κ3) is 3.46. The molecule has 0 aromatic rings. The molecule has 0 atom stereocenters. The van der Waals surface area contributed by atoms with Crippen molar-refractivity contribution in [3.8, 4) is 0 Å². The van der Waals surface area contributed by atoms with Crippen molar-refractivity contribution >= 4 is 0 Å². The first-order valence-electron chi connectivity index (χ1n) is 7.13. The number of aliphatic hydroxyl groups is 1. The molecule has 2 aliphatic rings. The summed E-state index contributed by atoms with van der Waals surface area (Å²) in [6.07, 6.45) is 9.88. The van der Waals surface area contributed by atoms with Crippen molar-refractivity contribution in [1.82, 2.24) is 4.90 Å². The molecule has 16 heavy (non-hydrogen) atoms. The average molecular weight is 225 g/mol. The molecular weight excluding hydrogens is 198 g/mol. The molecule has 0 aromatic carbocycles. The second kappa shape index (κ2) is 5.50. The van der Waals surface area contributed by atoms with Crippen LogP contribution in [0.4, 0.5) is 0 Å². The van der Waals surface area contributed by atoms with Crippen LogP contribution in [0.1, 0.15) is 58.3 Å². The summed E-state index contributed by atoms with van der Waals surface area (Å²) in [5.74, 6) is 0.824. The zero-order valence-electron chi connectivity index (χ0n) is 10.7. The molecule has 1 aliphatic carbocycles. The van der Waals surface area contributed by atoms with Gasteiger partial charge in [-0.25, -0.2) is 0 Å². The minimum absolute atomic E-state index is 0.364. The Kier molecular flexibility index (Phi) is 4.26. The Morgan fingerprint density at radius 3 is 2.19 bits per heavy atom. The topological polar surface area (TPSA) is 23.5 Å². The molecule has 0 unspecified atom stereocenters. The van der Waals surface area contributed by atoms with Crippen LogP contribution in [0.25, 0.3) is 0 Å². The highest BCUT2D eigenvalue weighted by Crippen LogP contribution is 2.32. The Morgan fingerprint density at radius 2 is 1.62 bits per heavy atom. The van der Waals surface area contributed by atoms with Gasteiger partial charge < -0.3 is 10.0 Å². The molecule has 2 nitrogen and oxygen atoms in total. The lowest BCUT2D eigenvalue weighted by Gasteiger charge is -2.38. The standard InChI is InChI=1S/C14H27NO/c1-13-6-8-14(16,9-7-13)12-15-10-4-2-3-5-11-15/h13,16H,2-12H2,1H3. The van der Waals surface area contributed by atoms with Gasteiger partial charge in [0, 0.05) is 6.54 Å². The lowest BCUT2D eigenvalue weighted by molar-refractivity contribution is -0.0344. The highest BCUT2D eigenvalue weighted by molar-refractivity contribution is 4.87. The van der Waals surface area contributed by atoms with Crippen molar-refractivity contribution in [1.29, 1.82) is 0 Å². The van der Waals surface area contributed by atoms with Crippen LogP contribution < -0.4 is 0 Å². The first-order valence-corrected chi connectivity index (χ1v) is 7.13. The highest BCUT2D eigenvalue weighted by Gasteiger charge is 2.33. The molecule has 1 aliphatic heterocycles. The van der Waals surface area contributed by atoms with E-state index in [1.807, 2.05) is 0 Å². The van der Waals surface area contributed by atoms with E-state index in [9.17, 15) is 5.11 Å². The zero-order chi connectivity index (χ0) is 11.4. The molecule has 2 fully saturated rings. The average Bonchev–Trinajstić information content (AvgIpc) is 2.51. The van der Waals surface area contributed by atoms with Gasteiger partial charge in [0.25, 0.3) is 0 Å². The lowest BCUT2D eigenvalue weighted by atomic mass is 9.79. The van der Waals surface area contributed by atoms with E-state index < -0.39 is 0 Å². The maximum absolute atomic E-state index is 10.6. The molecule has 0 aromatic heterocycles. The first kappa shape index (κ1) is 12.4. The molecule has 0 bridgehead atoms. The molecule has 1 N–H and O–H groups in total. The number of hydrogen-bond donors (Lipinski definition) is 1. The Labute approximate surface area is 100 Å². The summed E-state index contributed by atoms with van der Waals surface area (Å²) < 4.78 is 0. The molecule has 0 amide bonds. The summed E-state index contributed by atoms with van der Waals surface area (Å²) >= 11 is 0. The highest BCUT2D eigenvalue weighted by atomic mass is 16.3. The van der Waals surface area contributed by atoms with Gasteiger partial charge >= 0.3 is 0 Å². The van der Waals surface area contributed by atoms with Gasteiger partial charge in [-0.2, -0.15) is 0 Å². The van der Waals surface area contributed by atoms with Gasteiger partial charge in [0.15, 0.2) is 0 Å². The maximum atomic E-state index is 10.6. The van der Waals surface area contributed by atoms with Gasteiger partial charge in [0.2, 0.25) is 0 Å². The van der Waals surface area contributed by atoms with Gasteiger partial charge in [-0.05, 0) is 57.5 Å². The molecule has 1 saturated heterocycles. The Morgan fingerprint density at radius 1 is 1.06 bits per heavy atom. The van der Waals surface area contributed by atoms with E-state index in [4.69, 9.17) is 0 Å². The van der Waals surface area contributed by atoms with E-state index in [1.54, 1.807) is 0 Å². The van der Waals surface area contributed by atoms with Crippen molar-refractivity contribution in [2.45, 2.75) is 63.9 Å². The zero-order valence-corrected chi connectivity index (χ0v) is 10.7. The molecule has 0 radical (unpaired) electrons. The second-order valence-corrected chi connectivity index (χ2v) is 6.10. The number of rotatable bonds is 2. The molecule has 0 spiro atoms. The quantitative estimate of drug-likeness (QED) is 0.781. The van der Waals surface area contributed by atoms with Crippen molar-refractivity contribution in [2.75, 3.05) is 19.6 Å². The third-order valence-electron chi connectivity index (χ3n) is 4.42. The number of β-amino-alcohol motifs (C(OH)–C–C–N with tert-alkyl or cyclic N) is 1. The molecule has 2 rings (SSSR count).